The van der Waals surface area contributed by atoms with Crippen molar-refractivity contribution in [2.24, 2.45) is 5.92 Å². The number of rotatable bonds is 7. The average molecular weight is 262 g/mol. The van der Waals surface area contributed by atoms with E-state index in [-0.39, 0.29) is 0 Å². The van der Waals surface area contributed by atoms with Gasteiger partial charge in [0.25, 0.3) is 0 Å². The molecule has 106 valence electrons. The van der Waals surface area contributed by atoms with Crippen molar-refractivity contribution in [1.82, 2.24) is 10.3 Å². The molecule has 0 radical (unpaired) electrons. The molecule has 1 fully saturated rings. The van der Waals surface area contributed by atoms with Gasteiger partial charge in [-0.25, -0.2) is 0 Å². The topological polar surface area (TPSA) is 34.2 Å². The van der Waals surface area contributed by atoms with Gasteiger partial charge in [0.1, 0.15) is 0 Å². The van der Waals surface area contributed by atoms with E-state index in [9.17, 15) is 0 Å². The first-order valence-electron chi connectivity index (χ1n) is 7.58. The molecule has 0 amide bonds. The number of pyridine rings is 1. The molecule has 2 atom stereocenters. The summed E-state index contributed by atoms with van der Waals surface area (Å²) < 4.78 is 5.53. The SMILES string of the molecule is CCCNC(Cc1ccc(CC)cn1)C1CCOC1. The second kappa shape index (κ2) is 7.61. The predicted molar refractivity (Wildman–Crippen MR) is 78.3 cm³/mol. The van der Waals surface area contributed by atoms with Crippen molar-refractivity contribution in [1.29, 1.82) is 0 Å². The monoisotopic (exact) mass is 262 g/mol. The Morgan fingerprint density at radius 2 is 2.32 bits per heavy atom. The number of nitrogens with one attached hydrogen (secondary N) is 1. The summed E-state index contributed by atoms with van der Waals surface area (Å²) in [6.45, 7) is 7.27. The third kappa shape index (κ3) is 4.29. The van der Waals surface area contributed by atoms with Crippen molar-refractivity contribution in [3.8, 4) is 0 Å². The third-order valence-corrected chi connectivity index (χ3v) is 3.91. The minimum absolute atomic E-state index is 0.502. The fourth-order valence-corrected chi connectivity index (χ4v) is 2.62. The second-order valence-electron chi connectivity index (χ2n) is 5.40. The Morgan fingerprint density at radius 3 is 2.89 bits per heavy atom. The largest absolute Gasteiger partial charge is 0.381 e. The summed E-state index contributed by atoms with van der Waals surface area (Å²) in [4.78, 5) is 4.59. The smallest absolute Gasteiger partial charge is 0.0510 e. The van der Waals surface area contributed by atoms with Crippen LogP contribution in [0.2, 0.25) is 0 Å². The lowest BCUT2D eigenvalue weighted by Crippen LogP contribution is -2.39. The fraction of sp³-hybridized carbons (Fsp3) is 0.688. The maximum absolute atomic E-state index is 5.53. The summed E-state index contributed by atoms with van der Waals surface area (Å²) in [5.41, 5.74) is 2.50. The molecular weight excluding hydrogens is 236 g/mol. The molecule has 1 aliphatic heterocycles. The van der Waals surface area contributed by atoms with Crippen molar-refractivity contribution < 1.29 is 4.74 Å². The van der Waals surface area contributed by atoms with Crippen molar-refractivity contribution >= 4 is 0 Å². The van der Waals surface area contributed by atoms with Gasteiger partial charge in [0.05, 0.1) is 6.61 Å². The Kier molecular flexibility index (Phi) is 5.80. The van der Waals surface area contributed by atoms with Gasteiger partial charge in [-0.2, -0.15) is 0 Å². The van der Waals surface area contributed by atoms with Crippen molar-refractivity contribution in [3.63, 3.8) is 0 Å². The van der Waals surface area contributed by atoms with Gasteiger partial charge in [-0.1, -0.05) is 19.9 Å². The minimum Gasteiger partial charge on any atom is -0.381 e. The van der Waals surface area contributed by atoms with Crippen LogP contribution >= 0.6 is 0 Å². The van der Waals surface area contributed by atoms with Gasteiger partial charge in [-0.15, -0.1) is 0 Å². The number of nitrogens with zero attached hydrogens (tertiary/aromatic N) is 1. The van der Waals surface area contributed by atoms with Crippen LogP contribution in [0.5, 0.6) is 0 Å². The van der Waals surface area contributed by atoms with E-state index in [1.54, 1.807) is 0 Å². The van der Waals surface area contributed by atoms with Gasteiger partial charge in [-0.05, 0) is 37.4 Å². The van der Waals surface area contributed by atoms with Gasteiger partial charge in [0.15, 0.2) is 0 Å². The first kappa shape index (κ1) is 14.5. The number of aryl methyl sites for hydroxylation is 1. The minimum atomic E-state index is 0.502. The highest BCUT2D eigenvalue weighted by Gasteiger charge is 2.25. The van der Waals surface area contributed by atoms with Crippen LogP contribution in [0.25, 0.3) is 0 Å². The molecule has 0 bridgehead atoms. The van der Waals surface area contributed by atoms with E-state index in [4.69, 9.17) is 4.74 Å². The summed E-state index contributed by atoms with van der Waals surface area (Å²) in [6.07, 6.45) is 6.43. The van der Waals surface area contributed by atoms with Crippen molar-refractivity contribution in [3.05, 3.63) is 29.6 Å². The summed E-state index contributed by atoms with van der Waals surface area (Å²) >= 11 is 0. The lowest BCUT2D eigenvalue weighted by Gasteiger charge is -2.23. The lowest BCUT2D eigenvalue weighted by atomic mass is 9.94. The molecule has 3 heteroatoms. The van der Waals surface area contributed by atoms with E-state index in [0.717, 1.165) is 32.6 Å². The fourth-order valence-electron chi connectivity index (χ4n) is 2.62. The number of hydrogen-bond donors (Lipinski definition) is 1. The summed E-state index contributed by atoms with van der Waals surface area (Å²) in [7, 11) is 0. The highest BCUT2D eigenvalue weighted by atomic mass is 16.5. The van der Waals surface area contributed by atoms with Crippen LogP contribution < -0.4 is 5.32 Å². The zero-order chi connectivity index (χ0) is 13.5. The molecule has 0 aliphatic carbocycles. The molecular formula is C16H26N2O. The normalized spacial score (nSPS) is 20.6. The first-order valence-corrected chi connectivity index (χ1v) is 7.58. The molecule has 0 saturated carbocycles. The van der Waals surface area contributed by atoms with Crippen LogP contribution in [0.1, 0.15) is 37.9 Å². The Balaban J connectivity index is 1.96. The highest BCUT2D eigenvalue weighted by Crippen LogP contribution is 2.19. The van der Waals surface area contributed by atoms with E-state index in [1.165, 1.54) is 24.1 Å². The zero-order valence-corrected chi connectivity index (χ0v) is 12.2. The zero-order valence-electron chi connectivity index (χ0n) is 12.2. The van der Waals surface area contributed by atoms with Crippen LogP contribution in [-0.2, 0) is 17.6 Å². The standard InChI is InChI=1S/C16H26N2O/c1-3-8-17-16(14-7-9-19-12-14)10-15-6-5-13(4-2)11-18-15/h5-6,11,14,16-17H,3-4,7-10,12H2,1-2H3. The quantitative estimate of drug-likeness (QED) is 0.820. The Labute approximate surface area is 116 Å². The van der Waals surface area contributed by atoms with Gasteiger partial charge < -0.3 is 10.1 Å². The summed E-state index contributed by atoms with van der Waals surface area (Å²) in [6, 6.07) is 4.88. The molecule has 3 nitrogen and oxygen atoms in total. The van der Waals surface area contributed by atoms with Crippen molar-refractivity contribution in [2.75, 3.05) is 19.8 Å². The van der Waals surface area contributed by atoms with E-state index < -0.39 is 0 Å². The Bertz CT molecular complexity index is 358. The molecule has 1 aromatic rings. The average Bonchev–Trinajstić information content (AvgIpc) is 2.98. The van der Waals surface area contributed by atoms with E-state index in [2.05, 4.69) is 36.3 Å². The van der Waals surface area contributed by atoms with Gasteiger partial charge in [0.2, 0.25) is 0 Å². The van der Waals surface area contributed by atoms with Crippen LogP contribution in [0.4, 0.5) is 0 Å². The van der Waals surface area contributed by atoms with E-state index in [0.29, 0.717) is 12.0 Å². The predicted octanol–water partition coefficient (Wildman–Crippen LogP) is 2.59. The second-order valence-corrected chi connectivity index (χ2v) is 5.40. The van der Waals surface area contributed by atoms with E-state index >= 15 is 0 Å². The van der Waals surface area contributed by atoms with Gasteiger partial charge in [0, 0.05) is 36.9 Å². The molecule has 2 unspecified atom stereocenters. The number of ether oxygens (including phenoxy) is 1. The summed E-state index contributed by atoms with van der Waals surface area (Å²) in [5, 5.41) is 3.67. The highest BCUT2D eigenvalue weighted by molar-refractivity contribution is 5.15. The van der Waals surface area contributed by atoms with Gasteiger partial charge in [-0.3, -0.25) is 4.98 Å². The van der Waals surface area contributed by atoms with E-state index in [1.807, 2.05) is 6.20 Å². The maximum atomic E-state index is 5.53. The van der Waals surface area contributed by atoms with Crippen LogP contribution in [0.15, 0.2) is 18.3 Å². The molecule has 1 saturated heterocycles. The lowest BCUT2D eigenvalue weighted by molar-refractivity contribution is 0.176. The third-order valence-electron chi connectivity index (χ3n) is 3.91. The van der Waals surface area contributed by atoms with Crippen LogP contribution in [0.3, 0.4) is 0 Å². The summed E-state index contributed by atoms with van der Waals surface area (Å²) in [5.74, 6) is 0.638. The van der Waals surface area contributed by atoms with Crippen LogP contribution in [-0.4, -0.2) is 30.8 Å². The molecule has 0 aromatic carbocycles. The van der Waals surface area contributed by atoms with Gasteiger partial charge >= 0.3 is 0 Å². The molecule has 1 N–H and O–H groups in total. The Morgan fingerprint density at radius 1 is 1.42 bits per heavy atom. The molecule has 0 spiro atoms. The first-order chi connectivity index (χ1) is 9.33. The molecule has 19 heavy (non-hydrogen) atoms. The molecule has 2 heterocycles. The number of aromatic nitrogens is 1. The Hall–Kier alpha value is -0.930. The maximum Gasteiger partial charge on any atom is 0.0510 e. The molecule has 1 aromatic heterocycles. The number of hydrogen-bond acceptors (Lipinski definition) is 3. The van der Waals surface area contributed by atoms with Crippen molar-refractivity contribution in [2.45, 2.75) is 45.6 Å². The van der Waals surface area contributed by atoms with Crippen LogP contribution in [0, 0.1) is 5.92 Å². The molecule has 1 aliphatic rings. The molecule has 2 rings (SSSR count).